The van der Waals surface area contributed by atoms with E-state index < -0.39 is 128 Å². The van der Waals surface area contributed by atoms with Gasteiger partial charge in [-0.3, -0.25) is 0 Å². The van der Waals surface area contributed by atoms with E-state index in [-0.39, 0.29) is 0 Å². The van der Waals surface area contributed by atoms with Gasteiger partial charge in [-0.15, -0.1) is 0 Å². The molecular weight excluding hydrogens is 454 g/mol. The summed E-state index contributed by atoms with van der Waals surface area (Å²) >= 11 is 0. The molecule has 0 fully saturated rings. The molecule has 0 unspecified atom stereocenters. The van der Waals surface area contributed by atoms with E-state index in [9.17, 15) is 0 Å². The summed E-state index contributed by atoms with van der Waals surface area (Å²) in [6, 6.07) is 0. The zero-order chi connectivity index (χ0) is 33.5. The van der Waals surface area contributed by atoms with Gasteiger partial charge in [0.25, 0.3) is 0 Å². The van der Waals surface area contributed by atoms with Crippen LogP contribution in [-0.2, 0) is 0 Å². The third-order valence-corrected chi connectivity index (χ3v) is 8.44. The van der Waals surface area contributed by atoms with Crippen molar-refractivity contribution < 1.29 is 0 Å². The summed E-state index contributed by atoms with van der Waals surface area (Å²) in [6.45, 7) is 0. The lowest BCUT2D eigenvalue weighted by atomic mass is 8.27. The molecule has 42 heavy (non-hydrogen) atoms. The van der Waals surface area contributed by atoms with Crippen LogP contribution >= 0.6 is 0 Å². The lowest BCUT2D eigenvalue weighted by Crippen LogP contribution is -2.93. The van der Waals surface area contributed by atoms with Crippen LogP contribution in [-0.4, -0.2) is 298 Å². The van der Waals surface area contributed by atoms with Crippen molar-refractivity contribution in [2.75, 3.05) is 0 Å². The SMILES string of the molecule is [B]B([B])B(B([B])[B])B(B([B])[B])B(B(B(B([B])[B])B([B])[B])B(B([B])[B])B([B])[B])B(B(B([B])[B])B([B])[B])B(B([B])[B])B([B])[B]. The first-order valence-electron chi connectivity index (χ1n) is 13.7. The summed E-state index contributed by atoms with van der Waals surface area (Å²) in [7, 11) is 138. The largest absolute Gasteiger partial charge is 0 e. The molecule has 0 aliphatic carbocycles. The van der Waals surface area contributed by atoms with Gasteiger partial charge in [0.15, 0.2) is 0 Å². The van der Waals surface area contributed by atoms with Gasteiger partial charge in [0, 0.05) is 298 Å². The molecule has 0 amide bonds. The first-order chi connectivity index (χ1) is 19.0. The van der Waals surface area contributed by atoms with Crippen molar-refractivity contribution >= 4 is 298 Å². The monoisotopic (exact) mass is 462 g/mol. The maximum atomic E-state index is 6.45. The summed E-state index contributed by atoms with van der Waals surface area (Å²) in [4.78, 5) is 0. The molecule has 42 heteroatoms. The average Bonchev–Trinajstić information content (AvgIpc) is 2.75. The van der Waals surface area contributed by atoms with Crippen molar-refractivity contribution in [1.29, 1.82) is 0 Å². The Labute approximate surface area is 295 Å². The van der Waals surface area contributed by atoms with Gasteiger partial charge in [-0.25, -0.2) is 0 Å². The van der Waals surface area contributed by atoms with E-state index in [0.717, 1.165) is 0 Å². The molecule has 126 valence electrons. The Morgan fingerprint density at radius 3 is 0.333 bits per heavy atom. The van der Waals surface area contributed by atoms with Gasteiger partial charge in [0.1, 0.15) is 0 Å². The molecule has 0 aromatic heterocycles. The lowest BCUT2D eigenvalue weighted by molar-refractivity contribution is 3.21. The third-order valence-electron chi connectivity index (χ3n) is 8.44. The fourth-order valence-electron chi connectivity index (χ4n) is 6.93. The van der Waals surface area contributed by atoms with Crippen molar-refractivity contribution in [2.45, 2.75) is 0 Å². The second-order valence-electron chi connectivity index (χ2n) is 11.5. The van der Waals surface area contributed by atoms with E-state index in [1.54, 1.807) is 0 Å². The van der Waals surface area contributed by atoms with E-state index in [2.05, 4.69) is 0 Å². The fourth-order valence-corrected chi connectivity index (χ4v) is 6.93. The van der Waals surface area contributed by atoms with Gasteiger partial charge >= 0.3 is 0 Å². The average molecular weight is 454 g/mol. The van der Waals surface area contributed by atoms with Crippen LogP contribution in [0.25, 0.3) is 0 Å². The predicted octanol–water partition coefficient (Wildman–Crippen LogP) is -16.0. The van der Waals surface area contributed by atoms with Crippen LogP contribution in [0.15, 0.2) is 0 Å². The normalized spacial score (nSPS) is 9.62. The molecule has 0 nitrogen and oxygen atoms in total. The van der Waals surface area contributed by atoms with Crippen LogP contribution in [0.4, 0.5) is 0 Å². The van der Waals surface area contributed by atoms with Crippen LogP contribution in [0, 0.1) is 0 Å². The number of hydrogen-bond acceptors (Lipinski definition) is 0. The molecule has 0 spiro atoms. The van der Waals surface area contributed by atoms with Crippen LogP contribution < -0.4 is 0 Å². The van der Waals surface area contributed by atoms with Crippen LogP contribution in [0.3, 0.4) is 0 Å². The highest BCUT2D eigenvalue weighted by Gasteiger charge is 2.57. The number of hydrogen-bond donors (Lipinski definition) is 0. The molecule has 0 saturated heterocycles. The van der Waals surface area contributed by atoms with Crippen molar-refractivity contribution in [3.63, 3.8) is 0 Å². The standard InChI is InChI=1S/B42/c1-23(2)34(24(3)4)39(33(21)22)42(40(35(25(5)6)26(7)8)36(27(9)10)28(11)12)41(37(29(13)14)30(15)16)38(31(17)18)32(19)20. The fraction of sp³-hybridized carbons (Fsp3) is 0. The molecule has 0 heterocycles. The summed E-state index contributed by atoms with van der Waals surface area (Å²) in [5.41, 5.74) is 0. The molecule has 0 N–H and O–H groups in total. The van der Waals surface area contributed by atoms with E-state index in [1.165, 1.54) is 0 Å². The van der Waals surface area contributed by atoms with Crippen molar-refractivity contribution in [3.8, 4) is 0 Å². The molecule has 0 aliphatic rings. The van der Waals surface area contributed by atoms with Crippen molar-refractivity contribution in [1.82, 2.24) is 0 Å². The maximum absolute atomic E-state index is 6.45. The summed E-state index contributed by atoms with van der Waals surface area (Å²) in [6.07, 6.45) is -23.5. The highest BCUT2D eigenvalue weighted by Crippen LogP contribution is 2.19. The molecule has 44 radical (unpaired) electrons. The van der Waals surface area contributed by atoms with Crippen LogP contribution in [0.2, 0.25) is 0 Å². The Hall–Kier alpha value is 2.73. The van der Waals surface area contributed by atoms with E-state index in [0.29, 0.717) is 0 Å². The topological polar surface area (TPSA) is 0 Å². The van der Waals surface area contributed by atoms with E-state index in [4.69, 9.17) is 170 Å². The van der Waals surface area contributed by atoms with Crippen LogP contribution in [0.5, 0.6) is 0 Å². The minimum Gasteiger partial charge on any atom is 0 e. The maximum Gasteiger partial charge on any atom is 0 e. The van der Waals surface area contributed by atoms with Crippen molar-refractivity contribution in [3.05, 3.63) is 0 Å². The van der Waals surface area contributed by atoms with Gasteiger partial charge in [-0.2, -0.15) is 0 Å². The summed E-state index contributed by atoms with van der Waals surface area (Å²) < 4.78 is 0. The summed E-state index contributed by atoms with van der Waals surface area (Å²) in [5, 5.41) is 0. The van der Waals surface area contributed by atoms with Gasteiger partial charge < -0.3 is 0 Å². The smallest absolute Gasteiger partial charge is 0 e. The second-order valence-corrected chi connectivity index (χ2v) is 11.5. The van der Waals surface area contributed by atoms with E-state index >= 15 is 0 Å². The first-order valence-corrected chi connectivity index (χ1v) is 13.7. The highest BCUT2D eigenvalue weighted by atomic mass is 13.4. The zero-order valence-corrected chi connectivity index (χ0v) is 24.2. The molecule has 0 bridgehead atoms. The van der Waals surface area contributed by atoms with Gasteiger partial charge in [0.2, 0.25) is 0 Å². The zero-order valence-electron chi connectivity index (χ0n) is 24.2. The predicted molar refractivity (Wildman–Crippen MR) is 242 cm³/mol. The Bertz CT molecular complexity index is 563. The van der Waals surface area contributed by atoms with Crippen molar-refractivity contribution in [2.24, 2.45) is 0 Å². The molecule has 0 aromatic carbocycles. The quantitative estimate of drug-likeness (QED) is 0.170. The molecule has 0 aromatic rings. The van der Waals surface area contributed by atoms with Crippen LogP contribution in [0.1, 0.15) is 0 Å². The Balaban J connectivity index is 8.59. The second kappa shape index (κ2) is 20.3. The Morgan fingerprint density at radius 1 is 0.119 bits per heavy atom. The minimum absolute atomic E-state index is 1.06. The highest BCUT2D eigenvalue weighted by molar-refractivity contribution is 8.33. The molecule has 0 rings (SSSR count). The molecular formula is B42. The third kappa shape index (κ3) is 12.0. The first kappa shape index (κ1) is 44.7. The Kier molecular flexibility index (Phi) is 21.6. The molecule has 0 aliphatic heterocycles. The van der Waals surface area contributed by atoms with E-state index in [1.807, 2.05) is 0 Å². The molecule has 0 saturated carbocycles. The lowest BCUT2D eigenvalue weighted by Gasteiger charge is -2.55. The summed E-state index contributed by atoms with van der Waals surface area (Å²) in [5.74, 6) is 0. The number of rotatable bonds is 19. The van der Waals surface area contributed by atoms with Gasteiger partial charge in [0.05, 0.1) is 0 Å². The molecule has 0 atom stereocenters. The Morgan fingerprint density at radius 2 is 0.214 bits per heavy atom. The van der Waals surface area contributed by atoms with Gasteiger partial charge in [-0.05, 0) is 0 Å². The minimum atomic E-state index is -1.30. The van der Waals surface area contributed by atoms with Gasteiger partial charge in [-0.1, -0.05) is 0 Å².